The number of anilines is 1. The number of methoxy groups -OCH3 is 1. The van der Waals surface area contributed by atoms with Crippen LogP contribution in [0.25, 0.3) is 11.0 Å². The summed E-state index contributed by atoms with van der Waals surface area (Å²) in [5.74, 6) is 1.38. The van der Waals surface area contributed by atoms with Gasteiger partial charge in [-0.2, -0.15) is 10.2 Å². The zero-order valence-electron chi connectivity index (χ0n) is 18.0. The minimum atomic E-state index is 0.568. The highest BCUT2D eigenvalue weighted by molar-refractivity contribution is 6.32. The molecule has 0 fully saturated rings. The first-order chi connectivity index (χ1) is 16.2. The summed E-state index contributed by atoms with van der Waals surface area (Å²) >= 11 is 6.24. The van der Waals surface area contributed by atoms with E-state index in [-0.39, 0.29) is 0 Å². The van der Waals surface area contributed by atoms with Gasteiger partial charge in [0.15, 0.2) is 5.65 Å². The van der Waals surface area contributed by atoms with Gasteiger partial charge in [-0.15, -0.1) is 0 Å². The highest BCUT2D eigenvalue weighted by Crippen LogP contribution is 2.26. The van der Waals surface area contributed by atoms with E-state index in [1.165, 1.54) is 11.9 Å². The molecular weight excluding hydrogens is 438 g/mol. The van der Waals surface area contributed by atoms with Crippen molar-refractivity contribution in [3.05, 3.63) is 95.2 Å². The van der Waals surface area contributed by atoms with Gasteiger partial charge in [0.2, 0.25) is 0 Å². The minimum absolute atomic E-state index is 0.568. The molecule has 0 amide bonds. The lowest BCUT2D eigenvalue weighted by Crippen LogP contribution is -2.02. The van der Waals surface area contributed by atoms with E-state index in [0.717, 1.165) is 28.9 Å². The number of hydrogen-bond donors (Lipinski definition) is 1. The Kier molecular flexibility index (Phi) is 5.91. The molecule has 0 spiro atoms. The van der Waals surface area contributed by atoms with Gasteiger partial charge >= 0.3 is 0 Å². The van der Waals surface area contributed by atoms with Gasteiger partial charge in [0.1, 0.15) is 17.9 Å². The second kappa shape index (κ2) is 9.30. The van der Waals surface area contributed by atoms with Crippen LogP contribution in [0.4, 0.5) is 5.82 Å². The summed E-state index contributed by atoms with van der Waals surface area (Å²) in [7, 11) is 1.60. The number of halogens is 1. The van der Waals surface area contributed by atoms with E-state index in [1.807, 2.05) is 46.0 Å². The van der Waals surface area contributed by atoms with Crippen LogP contribution in [-0.2, 0) is 19.6 Å². The predicted octanol–water partition coefficient (Wildman–Crippen LogP) is 4.39. The zero-order chi connectivity index (χ0) is 22.6. The van der Waals surface area contributed by atoms with Gasteiger partial charge in [-0.25, -0.2) is 9.97 Å². The monoisotopic (exact) mass is 459 g/mol. The molecule has 8 nitrogen and oxygen atoms in total. The van der Waals surface area contributed by atoms with Crippen molar-refractivity contribution in [3.63, 3.8) is 0 Å². The second-order valence-corrected chi connectivity index (χ2v) is 8.04. The van der Waals surface area contributed by atoms with Crippen molar-refractivity contribution in [1.82, 2.24) is 29.5 Å². The number of rotatable bonds is 8. The Morgan fingerprint density at radius 1 is 0.970 bits per heavy atom. The van der Waals surface area contributed by atoms with Crippen LogP contribution in [0, 0.1) is 0 Å². The maximum Gasteiger partial charge on any atom is 0.186 e. The molecule has 3 heterocycles. The molecule has 2 aromatic carbocycles. The Labute approximate surface area is 195 Å². The van der Waals surface area contributed by atoms with E-state index in [0.29, 0.717) is 29.5 Å². The van der Waals surface area contributed by atoms with E-state index in [1.54, 1.807) is 13.3 Å². The van der Waals surface area contributed by atoms with Gasteiger partial charge < -0.3 is 10.1 Å². The first-order valence-electron chi connectivity index (χ1n) is 10.5. The first-order valence-corrected chi connectivity index (χ1v) is 10.9. The second-order valence-electron chi connectivity index (χ2n) is 7.63. The van der Waals surface area contributed by atoms with Crippen LogP contribution in [0.2, 0.25) is 5.02 Å². The van der Waals surface area contributed by atoms with Crippen LogP contribution in [0.3, 0.4) is 0 Å². The van der Waals surface area contributed by atoms with Crippen LogP contribution < -0.4 is 10.1 Å². The fraction of sp³-hybridized carbons (Fsp3) is 0.167. The van der Waals surface area contributed by atoms with Crippen LogP contribution in [-0.4, -0.2) is 36.6 Å². The zero-order valence-corrected chi connectivity index (χ0v) is 18.8. The quantitative estimate of drug-likeness (QED) is 0.370. The minimum Gasteiger partial charge on any atom is -0.495 e. The predicted molar refractivity (Wildman–Crippen MR) is 128 cm³/mol. The summed E-state index contributed by atoms with van der Waals surface area (Å²) in [6.45, 7) is 1.97. The molecule has 166 valence electrons. The number of ether oxygens (including phenoxy) is 1. The topological polar surface area (TPSA) is 82.7 Å². The van der Waals surface area contributed by atoms with Crippen molar-refractivity contribution in [2.24, 2.45) is 0 Å². The van der Waals surface area contributed by atoms with Gasteiger partial charge in [0, 0.05) is 25.1 Å². The molecule has 0 saturated carbocycles. The third-order valence-electron chi connectivity index (χ3n) is 5.31. The van der Waals surface area contributed by atoms with Crippen LogP contribution in [0.15, 0.2) is 73.4 Å². The third kappa shape index (κ3) is 4.80. The van der Waals surface area contributed by atoms with Crippen LogP contribution >= 0.6 is 11.6 Å². The van der Waals surface area contributed by atoms with Gasteiger partial charge in [-0.1, -0.05) is 41.9 Å². The Bertz CT molecular complexity index is 1360. The Hall–Kier alpha value is -3.91. The van der Waals surface area contributed by atoms with E-state index < -0.39 is 0 Å². The van der Waals surface area contributed by atoms with Crippen molar-refractivity contribution in [3.8, 4) is 5.75 Å². The SMILES string of the molecule is COc1ccc(CNc2ncnc3nn(Cc4ccc(Cn5cccn5)cc4)cc23)cc1Cl. The lowest BCUT2D eigenvalue weighted by molar-refractivity contribution is 0.415. The van der Waals surface area contributed by atoms with E-state index in [9.17, 15) is 0 Å². The number of nitrogens with zero attached hydrogens (tertiary/aromatic N) is 6. The summed E-state index contributed by atoms with van der Waals surface area (Å²) in [5, 5.41) is 13.7. The number of benzene rings is 2. The molecule has 5 aromatic rings. The number of nitrogens with one attached hydrogen (secondary N) is 1. The molecule has 1 N–H and O–H groups in total. The normalized spacial score (nSPS) is 11.1. The Balaban J connectivity index is 1.28. The van der Waals surface area contributed by atoms with Crippen LogP contribution in [0.1, 0.15) is 16.7 Å². The maximum absolute atomic E-state index is 6.24. The van der Waals surface area contributed by atoms with Crippen molar-refractivity contribution in [2.45, 2.75) is 19.6 Å². The first kappa shape index (κ1) is 21.0. The average molecular weight is 460 g/mol. The van der Waals surface area contributed by atoms with E-state index >= 15 is 0 Å². The number of fused-ring (bicyclic) bond motifs is 1. The molecule has 0 radical (unpaired) electrons. The fourth-order valence-corrected chi connectivity index (χ4v) is 3.91. The summed E-state index contributed by atoms with van der Waals surface area (Å²) in [6, 6.07) is 16.1. The molecule has 0 bridgehead atoms. The molecular formula is C24H22ClN7O. The molecule has 33 heavy (non-hydrogen) atoms. The van der Waals surface area contributed by atoms with E-state index in [4.69, 9.17) is 16.3 Å². The summed E-state index contributed by atoms with van der Waals surface area (Å²) in [6.07, 6.45) is 7.23. The van der Waals surface area contributed by atoms with Crippen molar-refractivity contribution in [2.75, 3.05) is 12.4 Å². The Morgan fingerprint density at radius 3 is 2.42 bits per heavy atom. The highest BCUT2D eigenvalue weighted by Gasteiger charge is 2.10. The lowest BCUT2D eigenvalue weighted by Gasteiger charge is -2.08. The van der Waals surface area contributed by atoms with E-state index in [2.05, 4.69) is 49.7 Å². The van der Waals surface area contributed by atoms with Gasteiger partial charge in [-0.05, 0) is 34.9 Å². The summed E-state index contributed by atoms with van der Waals surface area (Å²) in [5.41, 5.74) is 4.03. The summed E-state index contributed by atoms with van der Waals surface area (Å²) < 4.78 is 9.01. The average Bonchev–Trinajstić information content (AvgIpc) is 3.48. The molecule has 0 unspecified atom stereocenters. The smallest absolute Gasteiger partial charge is 0.186 e. The van der Waals surface area contributed by atoms with Crippen molar-refractivity contribution in [1.29, 1.82) is 0 Å². The number of aromatic nitrogens is 6. The standard InChI is InChI=1S/C24H22ClN7O/c1-33-22-8-7-19(11-21(22)25)12-26-23-20-15-32(30-24(20)28-16-27-23)14-18-5-3-17(4-6-18)13-31-10-2-9-29-31/h2-11,15-16H,12-14H2,1H3,(H,26,27,28,30). The molecule has 0 saturated heterocycles. The molecule has 0 aliphatic rings. The van der Waals surface area contributed by atoms with Gasteiger partial charge in [0.25, 0.3) is 0 Å². The fourth-order valence-electron chi connectivity index (χ4n) is 3.63. The number of hydrogen-bond acceptors (Lipinski definition) is 6. The van der Waals surface area contributed by atoms with Gasteiger partial charge in [-0.3, -0.25) is 9.36 Å². The van der Waals surface area contributed by atoms with Crippen molar-refractivity contribution < 1.29 is 4.74 Å². The van der Waals surface area contributed by atoms with Gasteiger partial charge in [0.05, 0.1) is 30.6 Å². The maximum atomic E-state index is 6.24. The molecule has 0 aliphatic carbocycles. The molecule has 9 heteroatoms. The molecule has 0 aliphatic heterocycles. The summed E-state index contributed by atoms with van der Waals surface area (Å²) in [4.78, 5) is 8.73. The largest absolute Gasteiger partial charge is 0.495 e. The molecule has 0 atom stereocenters. The van der Waals surface area contributed by atoms with Crippen LogP contribution in [0.5, 0.6) is 5.75 Å². The van der Waals surface area contributed by atoms with Crippen molar-refractivity contribution >= 4 is 28.5 Å². The lowest BCUT2D eigenvalue weighted by atomic mass is 10.1. The Morgan fingerprint density at radius 2 is 1.73 bits per heavy atom. The molecule has 3 aromatic heterocycles. The highest BCUT2D eigenvalue weighted by atomic mass is 35.5. The molecule has 5 rings (SSSR count). The third-order valence-corrected chi connectivity index (χ3v) is 5.61.